The lowest BCUT2D eigenvalue weighted by Gasteiger charge is -2.17. The number of nitrogens with two attached hydrogens (primary N) is 1. The number of amides is 1. The Labute approximate surface area is 194 Å². The first-order valence-corrected chi connectivity index (χ1v) is 10.2. The van der Waals surface area contributed by atoms with Crippen LogP contribution in [0.1, 0.15) is 12.5 Å². The average Bonchev–Trinajstić information content (AvgIpc) is 2.75. The summed E-state index contributed by atoms with van der Waals surface area (Å²) < 4.78 is 44.7. The number of aromatic nitrogens is 3. The van der Waals surface area contributed by atoms with Gasteiger partial charge in [-0.3, -0.25) is 14.3 Å². The molecule has 34 heavy (non-hydrogen) atoms. The van der Waals surface area contributed by atoms with Gasteiger partial charge in [0, 0.05) is 5.02 Å². The van der Waals surface area contributed by atoms with Gasteiger partial charge in [-0.25, -0.2) is 19.1 Å². The monoisotopic (exact) mass is 497 g/mol. The normalized spacial score (nSPS) is 13.0. The molecular weight excluding hydrogens is 479 g/mol. The molecule has 180 valence electrons. The van der Waals surface area contributed by atoms with Crippen LogP contribution in [0.25, 0.3) is 0 Å². The molecule has 0 saturated heterocycles. The van der Waals surface area contributed by atoms with E-state index in [2.05, 4.69) is 9.98 Å². The highest BCUT2D eigenvalue weighted by molar-refractivity contribution is 6.30. The maximum absolute atomic E-state index is 13.0. The third-order valence-electron chi connectivity index (χ3n) is 4.59. The average molecular weight is 498 g/mol. The van der Waals surface area contributed by atoms with E-state index in [1.54, 1.807) is 24.3 Å². The van der Waals surface area contributed by atoms with Gasteiger partial charge in [0.25, 0.3) is 0 Å². The van der Waals surface area contributed by atoms with Crippen molar-refractivity contribution in [2.24, 2.45) is 10.7 Å². The molecule has 3 rings (SSSR count). The number of ether oxygens (including phenoxy) is 1. The molecular formula is C21H19ClF3N5O4. The number of halogens is 4. The first-order chi connectivity index (χ1) is 15.9. The zero-order chi connectivity index (χ0) is 25.0. The van der Waals surface area contributed by atoms with E-state index in [0.717, 1.165) is 11.5 Å². The van der Waals surface area contributed by atoms with Crippen molar-refractivity contribution in [1.29, 1.82) is 0 Å². The summed E-state index contributed by atoms with van der Waals surface area (Å²) in [5.41, 5.74) is 4.11. The summed E-state index contributed by atoms with van der Waals surface area (Å²) in [5.74, 6) is -0.929. The van der Waals surface area contributed by atoms with Crippen LogP contribution in [0.3, 0.4) is 0 Å². The largest absolute Gasteiger partial charge is 0.481 e. The van der Waals surface area contributed by atoms with E-state index in [9.17, 15) is 27.6 Å². The lowest BCUT2D eigenvalue weighted by molar-refractivity contribution is -0.189. The van der Waals surface area contributed by atoms with Gasteiger partial charge < -0.3 is 10.5 Å². The molecule has 0 unspecified atom stereocenters. The van der Waals surface area contributed by atoms with E-state index in [1.807, 2.05) is 0 Å². The standard InChI is InChI=1S/C21H19ClF3N5O4/c1-12(21(23,24)25)34-16-8-6-15(7-9-16)27-18-28-19(32)30(11-17(26)31)20(33)29(18)10-13-2-4-14(22)5-3-13/h2-9,12H,10-11H2,1H3,(H2,26,31)(H,27,28,32)/t12-/m1/s1. The van der Waals surface area contributed by atoms with Gasteiger partial charge in [-0.15, -0.1) is 0 Å². The Morgan fingerprint density at radius 1 is 1.12 bits per heavy atom. The fraction of sp³-hybridized carbons (Fsp3) is 0.238. The lowest BCUT2D eigenvalue weighted by Crippen LogP contribution is -2.51. The SMILES string of the molecule is C[C@@H](Oc1ccc(/N=c2\[nH]c(=O)n(CC(N)=O)c(=O)n2Cc2ccc(Cl)cc2)cc1)C(F)(F)F. The Morgan fingerprint density at radius 3 is 2.29 bits per heavy atom. The molecule has 0 aliphatic rings. The number of alkyl halides is 3. The number of carbonyl (C=O) groups excluding carboxylic acids is 1. The summed E-state index contributed by atoms with van der Waals surface area (Å²) in [6.45, 7) is 0.205. The van der Waals surface area contributed by atoms with Crippen molar-refractivity contribution in [2.75, 3.05) is 0 Å². The number of rotatable bonds is 7. The number of nitrogens with zero attached hydrogens (tertiary/aromatic N) is 3. The van der Waals surface area contributed by atoms with E-state index < -0.39 is 36.1 Å². The van der Waals surface area contributed by atoms with Gasteiger partial charge in [-0.05, 0) is 48.9 Å². The molecule has 3 aromatic rings. The van der Waals surface area contributed by atoms with Crippen LogP contribution in [0.4, 0.5) is 18.9 Å². The number of H-pyrrole nitrogens is 1. The Morgan fingerprint density at radius 2 is 1.74 bits per heavy atom. The number of nitrogens with one attached hydrogen (secondary N) is 1. The Hall–Kier alpha value is -3.80. The maximum atomic E-state index is 13.0. The summed E-state index contributed by atoms with van der Waals surface area (Å²) in [5, 5.41) is 0.480. The van der Waals surface area contributed by atoms with Crippen molar-refractivity contribution < 1.29 is 22.7 Å². The number of benzene rings is 2. The Bertz CT molecular complexity index is 1360. The predicted molar refractivity (Wildman–Crippen MR) is 117 cm³/mol. The number of carbonyl (C=O) groups is 1. The molecule has 0 aliphatic carbocycles. The van der Waals surface area contributed by atoms with E-state index in [0.29, 0.717) is 15.2 Å². The van der Waals surface area contributed by atoms with E-state index in [1.165, 1.54) is 24.3 Å². The van der Waals surface area contributed by atoms with Crippen LogP contribution < -0.4 is 27.5 Å². The van der Waals surface area contributed by atoms with Crippen molar-refractivity contribution in [3.8, 4) is 5.75 Å². The maximum Gasteiger partial charge on any atom is 0.425 e. The highest BCUT2D eigenvalue weighted by Gasteiger charge is 2.38. The highest BCUT2D eigenvalue weighted by Crippen LogP contribution is 2.26. The molecule has 0 spiro atoms. The molecule has 0 bridgehead atoms. The quantitative estimate of drug-likeness (QED) is 0.518. The van der Waals surface area contributed by atoms with Crippen LogP contribution in [0.2, 0.25) is 5.02 Å². The molecule has 1 heterocycles. The first-order valence-electron chi connectivity index (χ1n) is 9.79. The molecule has 0 fully saturated rings. The molecule has 0 aliphatic heterocycles. The lowest BCUT2D eigenvalue weighted by atomic mass is 10.2. The van der Waals surface area contributed by atoms with E-state index in [4.69, 9.17) is 22.1 Å². The minimum Gasteiger partial charge on any atom is -0.481 e. The number of hydrogen-bond donors (Lipinski definition) is 2. The molecule has 9 nitrogen and oxygen atoms in total. The number of hydrogen-bond acceptors (Lipinski definition) is 5. The summed E-state index contributed by atoms with van der Waals surface area (Å²) in [6, 6.07) is 11.8. The smallest absolute Gasteiger partial charge is 0.425 e. The molecule has 1 atom stereocenters. The zero-order valence-electron chi connectivity index (χ0n) is 17.7. The van der Waals surface area contributed by atoms with Crippen molar-refractivity contribution in [3.63, 3.8) is 0 Å². The van der Waals surface area contributed by atoms with Crippen molar-refractivity contribution in [3.05, 3.63) is 85.7 Å². The van der Waals surface area contributed by atoms with Gasteiger partial charge in [0.05, 0.1) is 12.2 Å². The minimum atomic E-state index is -4.52. The fourth-order valence-corrected chi connectivity index (χ4v) is 2.97. The second-order valence-electron chi connectivity index (χ2n) is 7.21. The molecule has 1 amide bonds. The van der Waals surface area contributed by atoms with Gasteiger partial charge in [0.15, 0.2) is 6.10 Å². The van der Waals surface area contributed by atoms with Crippen LogP contribution in [0.5, 0.6) is 5.75 Å². The molecule has 2 aromatic carbocycles. The Kier molecular flexibility index (Phi) is 7.30. The van der Waals surface area contributed by atoms with Crippen LogP contribution in [-0.2, 0) is 17.9 Å². The van der Waals surface area contributed by atoms with Gasteiger partial charge in [0.2, 0.25) is 11.5 Å². The van der Waals surface area contributed by atoms with Crippen molar-refractivity contribution >= 4 is 23.2 Å². The van der Waals surface area contributed by atoms with Gasteiger partial charge in [-0.2, -0.15) is 13.2 Å². The van der Waals surface area contributed by atoms with Crippen molar-refractivity contribution in [2.45, 2.75) is 32.3 Å². The fourth-order valence-electron chi connectivity index (χ4n) is 2.84. The summed E-state index contributed by atoms with van der Waals surface area (Å²) in [7, 11) is 0. The van der Waals surface area contributed by atoms with Gasteiger partial charge in [0.1, 0.15) is 12.3 Å². The van der Waals surface area contributed by atoms with E-state index in [-0.39, 0.29) is 23.6 Å². The molecule has 3 N–H and O–H groups in total. The second kappa shape index (κ2) is 10.00. The summed E-state index contributed by atoms with van der Waals surface area (Å²) in [4.78, 5) is 43.3. The van der Waals surface area contributed by atoms with Crippen LogP contribution >= 0.6 is 11.6 Å². The summed E-state index contributed by atoms with van der Waals surface area (Å²) >= 11 is 5.89. The Balaban J connectivity index is 2.05. The molecule has 1 aromatic heterocycles. The third-order valence-corrected chi connectivity index (χ3v) is 4.85. The molecule has 13 heteroatoms. The number of primary amides is 1. The van der Waals surface area contributed by atoms with E-state index >= 15 is 0 Å². The predicted octanol–water partition coefficient (Wildman–Crippen LogP) is 2.09. The zero-order valence-corrected chi connectivity index (χ0v) is 18.4. The minimum absolute atomic E-state index is 0.0331. The van der Waals surface area contributed by atoms with Crippen LogP contribution in [-0.4, -0.2) is 32.3 Å². The summed E-state index contributed by atoms with van der Waals surface area (Å²) in [6.07, 6.45) is -6.53. The second-order valence-corrected chi connectivity index (χ2v) is 7.65. The van der Waals surface area contributed by atoms with Crippen molar-refractivity contribution in [1.82, 2.24) is 14.1 Å². The van der Waals surface area contributed by atoms with Crippen LogP contribution in [0, 0.1) is 0 Å². The van der Waals surface area contributed by atoms with Gasteiger partial charge in [-0.1, -0.05) is 23.7 Å². The molecule has 0 saturated carbocycles. The van der Waals surface area contributed by atoms with Crippen LogP contribution in [0.15, 0.2) is 63.1 Å². The highest BCUT2D eigenvalue weighted by atomic mass is 35.5. The first kappa shape index (κ1) is 24.8. The van der Waals surface area contributed by atoms with Gasteiger partial charge >= 0.3 is 17.6 Å². The number of aromatic amines is 1. The topological polar surface area (TPSA) is 124 Å². The third kappa shape index (κ3) is 6.16. The molecule has 0 radical (unpaired) electrons.